The predicted molar refractivity (Wildman–Crippen MR) is 67.9 cm³/mol. The monoisotopic (exact) mass is 271 g/mol. The second-order valence-corrected chi connectivity index (χ2v) is 5.54. The number of carbonyl (C=O) groups excluding carboxylic acids is 1. The zero-order valence-corrected chi connectivity index (χ0v) is 11.3. The van der Waals surface area contributed by atoms with Crippen molar-refractivity contribution < 1.29 is 17.9 Å². The van der Waals surface area contributed by atoms with Crippen LogP contribution < -0.4 is 4.72 Å². The normalized spacial score (nSPS) is 11.2. The van der Waals surface area contributed by atoms with Crippen molar-refractivity contribution >= 4 is 16.0 Å². The van der Waals surface area contributed by atoms with E-state index in [4.69, 9.17) is 0 Å². The molecule has 0 fully saturated rings. The minimum atomic E-state index is -3.55. The maximum absolute atomic E-state index is 11.9. The minimum absolute atomic E-state index is 0.0708. The van der Waals surface area contributed by atoms with Crippen molar-refractivity contribution in [2.45, 2.75) is 24.7 Å². The molecule has 0 heterocycles. The zero-order chi connectivity index (χ0) is 13.6. The Balaban J connectivity index is 2.92. The van der Waals surface area contributed by atoms with Gasteiger partial charge in [0.15, 0.2) is 0 Å². The number of esters is 1. The topological polar surface area (TPSA) is 72.5 Å². The van der Waals surface area contributed by atoms with Crippen LogP contribution in [0.2, 0.25) is 0 Å². The Kier molecular flexibility index (Phi) is 5.30. The molecule has 5 nitrogen and oxygen atoms in total. The number of hydrogen-bond acceptors (Lipinski definition) is 4. The van der Waals surface area contributed by atoms with Gasteiger partial charge in [0.05, 0.1) is 17.6 Å². The van der Waals surface area contributed by atoms with Crippen molar-refractivity contribution in [3.8, 4) is 0 Å². The molecule has 0 saturated carbocycles. The third kappa shape index (κ3) is 3.82. The van der Waals surface area contributed by atoms with Crippen LogP contribution >= 0.6 is 0 Å². The number of rotatable bonds is 6. The van der Waals surface area contributed by atoms with Crippen molar-refractivity contribution in [2.75, 3.05) is 13.7 Å². The maximum atomic E-state index is 11.9. The Bertz CT molecular complexity index is 511. The third-order valence-corrected chi connectivity index (χ3v) is 3.85. The number of benzene rings is 1. The highest BCUT2D eigenvalue weighted by Crippen LogP contribution is 2.12. The molecule has 1 rings (SSSR count). The third-order valence-electron chi connectivity index (χ3n) is 2.39. The number of sulfonamides is 1. The molecular formula is C12H17NO4S. The second-order valence-electron chi connectivity index (χ2n) is 3.77. The molecule has 100 valence electrons. The number of carbonyl (C=O) groups is 1. The molecule has 6 heteroatoms. The quantitative estimate of drug-likeness (QED) is 0.629. The summed E-state index contributed by atoms with van der Waals surface area (Å²) in [6, 6.07) is 5.78. The Morgan fingerprint density at radius 1 is 1.39 bits per heavy atom. The van der Waals surface area contributed by atoms with Crippen molar-refractivity contribution in [3.63, 3.8) is 0 Å². The molecule has 0 atom stereocenters. The van der Waals surface area contributed by atoms with E-state index in [-0.39, 0.29) is 10.5 Å². The van der Waals surface area contributed by atoms with E-state index in [1.165, 1.54) is 31.4 Å². The molecule has 0 amide bonds. The summed E-state index contributed by atoms with van der Waals surface area (Å²) in [6.45, 7) is 2.37. The van der Waals surface area contributed by atoms with Crippen molar-refractivity contribution in [3.05, 3.63) is 29.8 Å². The average Bonchev–Trinajstić information content (AvgIpc) is 2.38. The molecule has 1 aromatic rings. The predicted octanol–water partition coefficient (Wildman–Crippen LogP) is 1.55. The van der Waals surface area contributed by atoms with Crippen molar-refractivity contribution in [1.82, 2.24) is 4.72 Å². The molecule has 0 radical (unpaired) electrons. The van der Waals surface area contributed by atoms with Gasteiger partial charge < -0.3 is 4.74 Å². The molecule has 1 aromatic carbocycles. The lowest BCUT2D eigenvalue weighted by molar-refractivity contribution is 0.0600. The van der Waals surface area contributed by atoms with Gasteiger partial charge in [0, 0.05) is 6.54 Å². The molecule has 0 bridgehead atoms. The molecule has 0 unspecified atom stereocenters. The minimum Gasteiger partial charge on any atom is -0.465 e. The SMILES string of the molecule is CCCCNS(=O)(=O)c1cccc(C(=O)OC)c1. The Labute approximate surface area is 107 Å². The molecule has 0 aliphatic heterocycles. The van der Waals surface area contributed by atoms with Crippen LogP contribution in [0, 0.1) is 0 Å². The van der Waals surface area contributed by atoms with Crippen LogP contribution in [0.15, 0.2) is 29.2 Å². The first-order chi connectivity index (χ1) is 8.51. The Hall–Kier alpha value is -1.40. The first-order valence-corrected chi connectivity index (χ1v) is 7.17. The van der Waals surface area contributed by atoms with Gasteiger partial charge in [-0.2, -0.15) is 0 Å². The zero-order valence-electron chi connectivity index (χ0n) is 10.5. The first kappa shape index (κ1) is 14.7. The lowest BCUT2D eigenvalue weighted by atomic mass is 10.2. The Morgan fingerprint density at radius 2 is 2.11 bits per heavy atom. The van der Waals surface area contributed by atoms with E-state index in [2.05, 4.69) is 9.46 Å². The maximum Gasteiger partial charge on any atom is 0.337 e. The highest BCUT2D eigenvalue weighted by molar-refractivity contribution is 7.89. The van der Waals surface area contributed by atoms with Gasteiger partial charge in [-0.3, -0.25) is 0 Å². The molecule has 18 heavy (non-hydrogen) atoms. The fourth-order valence-corrected chi connectivity index (χ4v) is 2.49. The van der Waals surface area contributed by atoms with Gasteiger partial charge in [-0.15, -0.1) is 0 Å². The van der Waals surface area contributed by atoms with Gasteiger partial charge in [-0.1, -0.05) is 19.4 Å². The number of methoxy groups -OCH3 is 1. The number of nitrogens with one attached hydrogen (secondary N) is 1. The average molecular weight is 271 g/mol. The largest absolute Gasteiger partial charge is 0.465 e. The summed E-state index contributed by atoms with van der Waals surface area (Å²) in [5, 5.41) is 0. The highest BCUT2D eigenvalue weighted by Gasteiger charge is 2.15. The van der Waals surface area contributed by atoms with E-state index in [9.17, 15) is 13.2 Å². The van der Waals surface area contributed by atoms with Gasteiger partial charge in [-0.25, -0.2) is 17.9 Å². The number of hydrogen-bond donors (Lipinski definition) is 1. The smallest absolute Gasteiger partial charge is 0.337 e. The summed E-state index contributed by atoms with van der Waals surface area (Å²) < 4.78 is 30.8. The van der Waals surface area contributed by atoms with Crippen LogP contribution in [-0.4, -0.2) is 28.0 Å². The van der Waals surface area contributed by atoms with Crippen molar-refractivity contribution in [2.24, 2.45) is 0 Å². The molecule has 0 aromatic heterocycles. The fraction of sp³-hybridized carbons (Fsp3) is 0.417. The summed E-state index contributed by atoms with van der Waals surface area (Å²) in [7, 11) is -2.30. The van der Waals surface area contributed by atoms with E-state index in [1.807, 2.05) is 6.92 Å². The van der Waals surface area contributed by atoms with E-state index in [1.54, 1.807) is 0 Å². The van der Waals surface area contributed by atoms with Crippen LogP contribution in [0.5, 0.6) is 0 Å². The highest BCUT2D eigenvalue weighted by atomic mass is 32.2. The van der Waals surface area contributed by atoms with Crippen LogP contribution in [0.3, 0.4) is 0 Å². The molecule has 1 N–H and O–H groups in total. The summed E-state index contributed by atoms with van der Waals surface area (Å²) in [6.07, 6.45) is 1.68. The van der Waals surface area contributed by atoms with Crippen LogP contribution in [0.25, 0.3) is 0 Å². The molecule has 0 spiro atoms. The van der Waals surface area contributed by atoms with Gasteiger partial charge in [0.1, 0.15) is 0 Å². The molecule has 0 saturated heterocycles. The summed E-state index contributed by atoms with van der Waals surface area (Å²) in [5.41, 5.74) is 0.218. The van der Waals surface area contributed by atoms with E-state index in [0.717, 1.165) is 12.8 Å². The molecule has 0 aliphatic rings. The van der Waals surface area contributed by atoms with E-state index in [0.29, 0.717) is 6.54 Å². The lowest BCUT2D eigenvalue weighted by Gasteiger charge is -2.07. The van der Waals surface area contributed by atoms with Crippen LogP contribution in [0.4, 0.5) is 0 Å². The van der Waals surface area contributed by atoms with Crippen LogP contribution in [-0.2, 0) is 14.8 Å². The molecular weight excluding hydrogens is 254 g/mol. The second kappa shape index (κ2) is 6.51. The van der Waals surface area contributed by atoms with Crippen molar-refractivity contribution in [1.29, 1.82) is 0 Å². The summed E-state index contributed by atoms with van der Waals surface area (Å²) in [5.74, 6) is -0.555. The number of unbranched alkanes of at least 4 members (excludes halogenated alkanes) is 1. The number of ether oxygens (including phenoxy) is 1. The fourth-order valence-electron chi connectivity index (χ4n) is 1.37. The van der Waals surface area contributed by atoms with Gasteiger partial charge in [0.2, 0.25) is 10.0 Å². The summed E-state index contributed by atoms with van der Waals surface area (Å²) >= 11 is 0. The van der Waals surface area contributed by atoms with E-state index < -0.39 is 16.0 Å². The van der Waals surface area contributed by atoms with Crippen LogP contribution in [0.1, 0.15) is 30.1 Å². The lowest BCUT2D eigenvalue weighted by Crippen LogP contribution is -2.24. The molecule has 0 aliphatic carbocycles. The summed E-state index contributed by atoms with van der Waals surface area (Å²) in [4.78, 5) is 11.4. The van der Waals surface area contributed by atoms with Gasteiger partial charge in [0.25, 0.3) is 0 Å². The standard InChI is InChI=1S/C12H17NO4S/c1-3-4-8-13-18(15,16)11-7-5-6-10(9-11)12(14)17-2/h5-7,9,13H,3-4,8H2,1-2H3. The first-order valence-electron chi connectivity index (χ1n) is 5.69. The van der Waals surface area contributed by atoms with Gasteiger partial charge in [-0.05, 0) is 24.6 Å². The van der Waals surface area contributed by atoms with Gasteiger partial charge >= 0.3 is 5.97 Å². The Morgan fingerprint density at radius 3 is 2.72 bits per heavy atom. The van der Waals surface area contributed by atoms with E-state index >= 15 is 0 Å².